The van der Waals surface area contributed by atoms with Gasteiger partial charge in [0.15, 0.2) is 0 Å². The second-order valence-electron chi connectivity index (χ2n) is 4.08. The maximum atomic E-state index is 11.7. The minimum atomic E-state index is -0.710. The topological polar surface area (TPSA) is 52.1 Å². The van der Waals surface area contributed by atoms with Gasteiger partial charge in [0.2, 0.25) is 23.0 Å². The van der Waals surface area contributed by atoms with Crippen LogP contribution in [0.5, 0.6) is 0 Å². The van der Waals surface area contributed by atoms with Crippen LogP contribution in [0.2, 0.25) is 0 Å². The van der Waals surface area contributed by atoms with E-state index in [0.717, 1.165) is 9.48 Å². The fourth-order valence-electron chi connectivity index (χ4n) is 1.49. The summed E-state index contributed by atoms with van der Waals surface area (Å²) in [5.74, 6) is 0. The molecule has 4 heteroatoms. The molecule has 0 fully saturated rings. The minimum Gasteiger partial charge on any atom is -0.623 e. The number of hydrogen-bond donors (Lipinski definition) is 0. The molecule has 0 saturated carbocycles. The molecular weight excluding hydrogens is 168 g/mol. The molecule has 1 aliphatic heterocycles. The Labute approximate surface area is 78.4 Å². The summed E-state index contributed by atoms with van der Waals surface area (Å²) in [4.78, 5) is 0. The Kier molecular flexibility index (Phi) is 2.10. The van der Waals surface area contributed by atoms with Crippen molar-refractivity contribution in [2.45, 2.75) is 46.2 Å². The number of rotatable bonds is 0. The van der Waals surface area contributed by atoms with Crippen molar-refractivity contribution < 1.29 is 9.48 Å². The largest absolute Gasteiger partial charge is 0.623 e. The van der Waals surface area contributed by atoms with Gasteiger partial charge in [0.05, 0.1) is 0 Å². The van der Waals surface area contributed by atoms with Gasteiger partial charge in [-0.25, -0.2) is 0 Å². The van der Waals surface area contributed by atoms with Gasteiger partial charge in [0, 0.05) is 34.6 Å². The molecule has 0 bridgehead atoms. The van der Waals surface area contributed by atoms with Crippen LogP contribution in [0.25, 0.3) is 0 Å². The first kappa shape index (κ1) is 10.0. The Hall–Kier alpha value is -1.06. The highest BCUT2D eigenvalue weighted by Crippen LogP contribution is 2.17. The molecule has 0 radical (unpaired) electrons. The van der Waals surface area contributed by atoms with Crippen LogP contribution in [0.15, 0.2) is 0 Å². The number of hydrogen-bond acceptors (Lipinski definition) is 2. The summed E-state index contributed by atoms with van der Waals surface area (Å²) in [6, 6.07) is -0.342. The van der Waals surface area contributed by atoms with E-state index < -0.39 is 5.54 Å². The van der Waals surface area contributed by atoms with Crippen LogP contribution < -0.4 is 0 Å². The van der Waals surface area contributed by atoms with E-state index in [4.69, 9.17) is 0 Å². The number of hydroxylamine groups is 2. The van der Waals surface area contributed by atoms with Gasteiger partial charge in [-0.3, -0.25) is 0 Å². The quantitative estimate of drug-likeness (QED) is 0.418. The maximum Gasteiger partial charge on any atom is 0.246 e. The summed E-state index contributed by atoms with van der Waals surface area (Å²) in [6.45, 7) is 8.68. The Morgan fingerprint density at radius 1 is 1.23 bits per heavy atom. The van der Waals surface area contributed by atoms with Gasteiger partial charge in [0.25, 0.3) is 0 Å². The molecule has 0 aliphatic carbocycles. The normalized spacial score (nSPS) is 28.2. The first-order valence-corrected chi connectivity index (χ1v) is 4.41. The zero-order valence-electron chi connectivity index (χ0n) is 8.79. The second-order valence-corrected chi connectivity index (χ2v) is 4.08. The van der Waals surface area contributed by atoms with Crippen molar-refractivity contribution in [3.8, 4) is 0 Å². The summed E-state index contributed by atoms with van der Waals surface area (Å²) < 4.78 is 1.85. The molecule has 0 amide bonds. The van der Waals surface area contributed by atoms with Crippen molar-refractivity contribution in [3.05, 3.63) is 10.4 Å². The van der Waals surface area contributed by atoms with Crippen LogP contribution in [-0.4, -0.2) is 32.5 Å². The van der Waals surface area contributed by atoms with E-state index in [0.29, 0.717) is 11.4 Å². The van der Waals surface area contributed by atoms with Gasteiger partial charge in [-0.15, -0.1) is 0 Å². The third kappa shape index (κ3) is 1.20. The second kappa shape index (κ2) is 2.72. The van der Waals surface area contributed by atoms with Crippen LogP contribution in [0.3, 0.4) is 0 Å². The molecule has 1 heterocycles. The van der Waals surface area contributed by atoms with E-state index in [1.54, 1.807) is 34.6 Å². The summed E-state index contributed by atoms with van der Waals surface area (Å²) >= 11 is 0. The fraction of sp³-hybridized carbons (Fsp3) is 0.778. The maximum absolute atomic E-state index is 11.7. The molecule has 0 N–H and O–H groups in total. The molecule has 1 aliphatic rings. The van der Waals surface area contributed by atoms with Gasteiger partial charge in [-0.1, -0.05) is 0 Å². The summed E-state index contributed by atoms with van der Waals surface area (Å²) in [5.41, 5.74) is 0.435. The van der Waals surface area contributed by atoms with E-state index in [2.05, 4.69) is 0 Å². The smallest absolute Gasteiger partial charge is 0.246 e. The van der Waals surface area contributed by atoms with Gasteiger partial charge in [0.1, 0.15) is 0 Å². The third-order valence-electron chi connectivity index (χ3n) is 3.00. The van der Waals surface area contributed by atoms with Gasteiger partial charge < -0.3 is 10.4 Å². The monoisotopic (exact) mass is 184 g/mol. The Bertz CT molecular complexity index is 275. The molecular formula is C9H16N2O2. The van der Waals surface area contributed by atoms with Crippen molar-refractivity contribution in [3.63, 3.8) is 0 Å². The fourth-order valence-corrected chi connectivity index (χ4v) is 1.49. The zero-order chi connectivity index (χ0) is 10.4. The first-order chi connectivity index (χ1) is 5.80. The lowest BCUT2D eigenvalue weighted by atomic mass is 9.96. The molecule has 0 unspecified atom stereocenters. The van der Waals surface area contributed by atoms with E-state index in [1.165, 1.54) is 0 Å². The SMILES string of the molecule is CC1=[N+]([O-])[C@@H](C)C(C)=[N+]([O-])C1(C)C. The van der Waals surface area contributed by atoms with Gasteiger partial charge in [-0.05, 0) is 0 Å². The summed E-state index contributed by atoms with van der Waals surface area (Å²) in [6.07, 6.45) is 0. The zero-order valence-corrected chi connectivity index (χ0v) is 8.79. The van der Waals surface area contributed by atoms with Crippen LogP contribution in [0.1, 0.15) is 34.6 Å². The van der Waals surface area contributed by atoms with Crippen LogP contribution in [-0.2, 0) is 0 Å². The van der Waals surface area contributed by atoms with Crippen molar-refractivity contribution in [1.29, 1.82) is 0 Å². The lowest BCUT2D eigenvalue weighted by Crippen LogP contribution is -2.54. The minimum absolute atomic E-state index is 0.342. The average molecular weight is 184 g/mol. The Morgan fingerprint density at radius 2 is 1.69 bits per heavy atom. The molecule has 0 saturated heterocycles. The third-order valence-corrected chi connectivity index (χ3v) is 3.00. The van der Waals surface area contributed by atoms with Crippen LogP contribution >= 0.6 is 0 Å². The Balaban J connectivity index is 3.30. The standard InChI is InChI=1S/C9H16N2O2/c1-6-7(2)11(13)9(4,5)8(3)10(6)12/h6H,1-5H3/t6-/m0/s1. The highest BCUT2D eigenvalue weighted by molar-refractivity contribution is 5.91. The lowest BCUT2D eigenvalue weighted by molar-refractivity contribution is -0.580. The van der Waals surface area contributed by atoms with E-state index in [-0.39, 0.29) is 6.04 Å². The molecule has 13 heavy (non-hydrogen) atoms. The molecule has 1 rings (SSSR count). The predicted octanol–water partition coefficient (Wildman–Crippen LogP) is 1.11. The summed E-state index contributed by atoms with van der Waals surface area (Å²) in [5, 5.41) is 23.3. The van der Waals surface area contributed by atoms with Crippen LogP contribution in [0.4, 0.5) is 0 Å². The molecule has 4 nitrogen and oxygen atoms in total. The molecule has 0 aromatic carbocycles. The molecule has 0 aromatic heterocycles. The molecule has 74 valence electrons. The molecule has 1 atom stereocenters. The predicted molar refractivity (Wildman–Crippen MR) is 52.2 cm³/mol. The lowest BCUT2D eigenvalue weighted by Gasteiger charge is -2.31. The average Bonchev–Trinajstić information content (AvgIpc) is 2.09. The Morgan fingerprint density at radius 3 is 2.15 bits per heavy atom. The highest BCUT2D eigenvalue weighted by atomic mass is 16.5. The molecule has 0 spiro atoms. The number of nitrogens with zero attached hydrogens (tertiary/aromatic N) is 2. The van der Waals surface area contributed by atoms with Gasteiger partial charge >= 0.3 is 0 Å². The van der Waals surface area contributed by atoms with E-state index in [9.17, 15) is 10.4 Å². The van der Waals surface area contributed by atoms with Crippen molar-refractivity contribution in [2.75, 3.05) is 0 Å². The van der Waals surface area contributed by atoms with Crippen molar-refractivity contribution >= 4 is 11.4 Å². The van der Waals surface area contributed by atoms with E-state index in [1.807, 2.05) is 0 Å². The summed E-state index contributed by atoms with van der Waals surface area (Å²) in [7, 11) is 0. The van der Waals surface area contributed by atoms with E-state index >= 15 is 0 Å². The van der Waals surface area contributed by atoms with Crippen molar-refractivity contribution in [2.24, 2.45) is 0 Å². The van der Waals surface area contributed by atoms with Crippen LogP contribution in [0, 0.1) is 10.4 Å². The van der Waals surface area contributed by atoms with Gasteiger partial charge in [-0.2, -0.15) is 9.48 Å². The van der Waals surface area contributed by atoms with Crippen molar-refractivity contribution in [1.82, 2.24) is 0 Å². The highest BCUT2D eigenvalue weighted by Gasteiger charge is 2.44. The molecule has 0 aromatic rings. The first-order valence-electron chi connectivity index (χ1n) is 4.41.